The van der Waals surface area contributed by atoms with Gasteiger partial charge in [-0.1, -0.05) is 30.3 Å². The largest absolute Gasteiger partial charge is 0.489 e. The zero-order valence-corrected chi connectivity index (χ0v) is 11.7. The Morgan fingerprint density at radius 3 is 2.36 bits per heavy atom. The number of aromatic nitrogens is 2. The second-order valence-corrected chi connectivity index (χ2v) is 4.62. The Labute approximate surface area is 127 Å². The van der Waals surface area contributed by atoms with E-state index in [1.807, 2.05) is 42.5 Å². The highest BCUT2D eigenvalue weighted by molar-refractivity contribution is 5.56. The molecule has 0 aliphatic rings. The van der Waals surface area contributed by atoms with Crippen LogP contribution in [0.1, 0.15) is 5.56 Å². The van der Waals surface area contributed by atoms with Crippen molar-refractivity contribution in [1.82, 2.24) is 9.97 Å². The van der Waals surface area contributed by atoms with Gasteiger partial charge in [0.05, 0.1) is 0 Å². The van der Waals surface area contributed by atoms with Gasteiger partial charge in [-0.25, -0.2) is 9.97 Å². The number of nitrogens with one attached hydrogen (secondary N) is 1. The van der Waals surface area contributed by atoms with Crippen LogP contribution in [0.15, 0.2) is 67.0 Å². The van der Waals surface area contributed by atoms with E-state index in [9.17, 15) is 4.39 Å². The third-order valence-electron chi connectivity index (χ3n) is 3.02. The van der Waals surface area contributed by atoms with Gasteiger partial charge >= 0.3 is 0 Å². The molecule has 0 radical (unpaired) electrons. The maximum atomic E-state index is 13.4. The van der Waals surface area contributed by atoms with E-state index in [2.05, 4.69) is 15.3 Å². The monoisotopic (exact) mass is 295 g/mol. The lowest BCUT2D eigenvalue weighted by molar-refractivity contribution is 0.306. The summed E-state index contributed by atoms with van der Waals surface area (Å²) < 4.78 is 19.1. The summed E-state index contributed by atoms with van der Waals surface area (Å²) in [5, 5.41) is 2.87. The van der Waals surface area contributed by atoms with Crippen LogP contribution < -0.4 is 10.1 Å². The van der Waals surface area contributed by atoms with Crippen molar-refractivity contribution in [1.29, 1.82) is 0 Å². The molecule has 2 aromatic carbocycles. The van der Waals surface area contributed by atoms with Crippen molar-refractivity contribution in [3.05, 3.63) is 78.5 Å². The van der Waals surface area contributed by atoms with Crippen LogP contribution in [0, 0.1) is 5.95 Å². The number of nitrogens with zero attached hydrogens (tertiary/aromatic N) is 2. The van der Waals surface area contributed by atoms with E-state index in [4.69, 9.17) is 4.74 Å². The number of benzene rings is 2. The van der Waals surface area contributed by atoms with Crippen LogP contribution in [-0.2, 0) is 6.61 Å². The van der Waals surface area contributed by atoms with Gasteiger partial charge < -0.3 is 10.1 Å². The van der Waals surface area contributed by atoms with Crippen LogP contribution in [0.25, 0.3) is 0 Å². The number of rotatable bonds is 5. The van der Waals surface area contributed by atoms with E-state index < -0.39 is 5.95 Å². The van der Waals surface area contributed by atoms with E-state index in [0.29, 0.717) is 12.3 Å². The summed E-state index contributed by atoms with van der Waals surface area (Å²) in [5.41, 5.74) is 1.82. The predicted octanol–water partition coefficient (Wildman–Crippen LogP) is 3.94. The third-order valence-corrected chi connectivity index (χ3v) is 3.02. The van der Waals surface area contributed by atoms with Gasteiger partial charge in [0.1, 0.15) is 12.4 Å². The molecule has 4 nitrogen and oxygen atoms in total. The number of ether oxygens (including phenoxy) is 1. The minimum atomic E-state index is -0.632. The molecule has 3 rings (SSSR count). The Morgan fingerprint density at radius 2 is 1.64 bits per heavy atom. The molecule has 22 heavy (non-hydrogen) atoms. The Morgan fingerprint density at radius 1 is 0.909 bits per heavy atom. The third kappa shape index (κ3) is 3.58. The van der Waals surface area contributed by atoms with Gasteiger partial charge in [0, 0.05) is 18.1 Å². The van der Waals surface area contributed by atoms with Gasteiger partial charge in [-0.3, -0.25) is 0 Å². The summed E-state index contributed by atoms with van der Waals surface area (Å²) in [5.74, 6) is 0.210. The fraction of sp³-hybridized carbons (Fsp3) is 0.0588. The standard InChI is InChI=1S/C17H14FN3O/c18-16-17(20-11-10-19-16)21-14-6-8-15(9-7-14)22-12-13-4-2-1-3-5-13/h1-11H,12H2,(H,20,21). The zero-order chi connectivity index (χ0) is 15.2. The van der Waals surface area contributed by atoms with Crippen molar-refractivity contribution >= 4 is 11.5 Å². The molecule has 0 saturated carbocycles. The normalized spacial score (nSPS) is 10.2. The highest BCUT2D eigenvalue weighted by atomic mass is 19.1. The molecule has 5 heteroatoms. The summed E-state index contributed by atoms with van der Waals surface area (Å²) in [6, 6.07) is 17.2. The number of hydrogen-bond acceptors (Lipinski definition) is 4. The maximum Gasteiger partial charge on any atom is 0.255 e. The van der Waals surface area contributed by atoms with Crippen LogP contribution in [0.4, 0.5) is 15.9 Å². The van der Waals surface area contributed by atoms with E-state index in [1.165, 1.54) is 12.4 Å². The van der Waals surface area contributed by atoms with Crippen molar-refractivity contribution in [2.75, 3.05) is 5.32 Å². The molecule has 1 aromatic heterocycles. The second kappa shape index (κ2) is 6.67. The molecule has 0 amide bonds. The Bertz CT molecular complexity index is 732. The minimum absolute atomic E-state index is 0.0976. The van der Waals surface area contributed by atoms with Gasteiger partial charge in [-0.15, -0.1) is 0 Å². The Balaban J connectivity index is 1.62. The molecule has 0 bridgehead atoms. The highest BCUT2D eigenvalue weighted by Crippen LogP contribution is 2.20. The zero-order valence-electron chi connectivity index (χ0n) is 11.7. The lowest BCUT2D eigenvalue weighted by Gasteiger charge is -2.08. The van der Waals surface area contributed by atoms with E-state index in [1.54, 1.807) is 12.1 Å². The first-order chi connectivity index (χ1) is 10.8. The van der Waals surface area contributed by atoms with Gasteiger partial charge in [-0.05, 0) is 29.8 Å². The van der Waals surface area contributed by atoms with Gasteiger partial charge in [-0.2, -0.15) is 4.39 Å². The van der Waals surface area contributed by atoms with Gasteiger partial charge in [0.25, 0.3) is 5.95 Å². The van der Waals surface area contributed by atoms with Crippen LogP contribution in [0.2, 0.25) is 0 Å². The van der Waals surface area contributed by atoms with Crippen molar-refractivity contribution in [3.8, 4) is 5.75 Å². The molecular weight excluding hydrogens is 281 g/mol. The lowest BCUT2D eigenvalue weighted by atomic mass is 10.2. The van der Waals surface area contributed by atoms with Crippen molar-refractivity contribution in [2.45, 2.75) is 6.61 Å². The molecule has 0 fully saturated rings. The summed E-state index contributed by atoms with van der Waals surface area (Å²) in [6.45, 7) is 0.506. The fourth-order valence-corrected chi connectivity index (χ4v) is 1.92. The van der Waals surface area contributed by atoms with E-state index in [0.717, 1.165) is 11.3 Å². The number of hydrogen-bond donors (Lipinski definition) is 1. The van der Waals surface area contributed by atoms with Crippen LogP contribution in [-0.4, -0.2) is 9.97 Å². The average molecular weight is 295 g/mol. The quantitative estimate of drug-likeness (QED) is 0.774. The first-order valence-corrected chi connectivity index (χ1v) is 6.81. The average Bonchev–Trinajstić information content (AvgIpc) is 2.57. The SMILES string of the molecule is Fc1nccnc1Nc1ccc(OCc2ccccc2)cc1. The lowest BCUT2D eigenvalue weighted by Crippen LogP contribution is -1.99. The molecular formula is C17H14FN3O. The number of halogens is 1. The molecule has 0 aliphatic heterocycles. The molecule has 0 atom stereocenters. The fourth-order valence-electron chi connectivity index (χ4n) is 1.92. The first-order valence-electron chi connectivity index (χ1n) is 6.81. The molecule has 0 saturated heterocycles. The molecule has 110 valence electrons. The second-order valence-electron chi connectivity index (χ2n) is 4.62. The van der Waals surface area contributed by atoms with Crippen molar-refractivity contribution < 1.29 is 9.13 Å². The van der Waals surface area contributed by atoms with E-state index >= 15 is 0 Å². The van der Waals surface area contributed by atoms with Gasteiger partial charge in [0.2, 0.25) is 0 Å². The van der Waals surface area contributed by atoms with E-state index in [-0.39, 0.29) is 5.82 Å². The van der Waals surface area contributed by atoms with Crippen LogP contribution in [0.5, 0.6) is 5.75 Å². The van der Waals surface area contributed by atoms with Gasteiger partial charge in [0.15, 0.2) is 5.82 Å². The van der Waals surface area contributed by atoms with Crippen molar-refractivity contribution in [2.24, 2.45) is 0 Å². The number of anilines is 2. The minimum Gasteiger partial charge on any atom is -0.489 e. The molecule has 0 unspecified atom stereocenters. The molecule has 3 aromatic rings. The summed E-state index contributed by atoms with van der Waals surface area (Å²) in [6.07, 6.45) is 2.74. The Hall–Kier alpha value is -2.95. The molecule has 1 heterocycles. The molecule has 0 spiro atoms. The summed E-state index contributed by atoms with van der Waals surface area (Å²) in [7, 11) is 0. The predicted molar refractivity (Wildman–Crippen MR) is 82.5 cm³/mol. The summed E-state index contributed by atoms with van der Waals surface area (Å²) in [4.78, 5) is 7.43. The van der Waals surface area contributed by atoms with Crippen molar-refractivity contribution in [3.63, 3.8) is 0 Å². The molecule has 0 aliphatic carbocycles. The van der Waals surface area contributed by atoms with Crippen LogP contribution >= 0.6 is 0 Å². The highest BCUT2D eigenvalue weighted by Gasteiger charge is 2.04. The smallest absolute Gasteiger partial charge is 0.255 e. The summed E-state index contributed by atoms with van der Waals surface area (Å²) >= 11 is 0. The topological polar surface area (TPSA) is 47.0 Å². The first kappa shape index (κ1) is 14.0. The van der Waals surface area contributed by atoms with Crippen LogP contribution in [0.3, 0.4) is 0 Å². The maximum absolute atomic E-state index is 13.4. The molecule has 1 N–H and O–H groups in total. The Kier molecular flexibility index (Phi) is 4.25.